The average Bonchev–Trinajstić information content (AvgIpc) is 3.12. The second kappa shape index (κ2) is 7.54. The first kappa shape index (κ1) is 19.1. The van der Waals surface area contributed by atoms with Crippen LogP contribution in [0, 0.1) is 0 Å². The Morgan fingerprint density at radius 2 is 1.70 bits per heavy atom. The lowest BCUT2D eigenvalue weighted by Crippen LogP contribution is -2.13. The lowest BCUT2D eigenvalue weighted by atomic mass is 10.2. The maximum absolute atomic E-state index is 12.7. The van der Waals surface area contributed by atoms with Crippen LogP contribution in [-0.2, 0) is 10.0 Å². The van der Waals surface area contributed by atoms with E-state index < -0.39 is 10.0 Å². The Morgan fingerprint density at radius 3 is 2.30 bits per heavy atom. The molecule has 0 bridgehead atoms. The summed E-state index contributed by atoms with van der Waals surface area (Å²) in [5.74, 6) is -0.00198. The highest BCUT2D eigenvalue weighted by Gasteiger charge is 2.16. The third-order valence-electron chi connectivity index (χ3n) is 4.02. The molecule has 0 spiro atoms. The zero-order valence-corrected chi connectivity index (χ0v) is 16.9. The first-order valence-electron chi connectivity index (χ1n) is 8.28. The van der Waals surface area contributed by atoms with Gasteiger partial charge in [-0.2, -0.15) is 0 Å². The Kier molecular flexibility index (Phi) is 5.34. The number of thiophene rings is 1. The minimum Gasteiger partial charge on any atom is -0.378 e. The number of anilines is 2. The van der Waals surface area contributed by atoms with Crippen molar-refractivity contribution in [2.45, 2.75) is 11.8 Å². The van der Waals surface area contributed by atoms with Crippen LogP contribution in [0.25, 0.3) is 10.4 Å². The molecule has 3 aromatic rings. The van der Waals surface area contributed by atoms with Gasteiger partial charge in [-0.1, -0.05) is 12.1 Å². The third-order valence-corrected chi connectivity index (χ3v) is 6.63. The monoisotopic (exact) mass is 400 g/mol. The van der Waals surface area contributed by atoms with Gasteiger partial charge in [-0.3, -0.25) is 9.52 Å². The lowest BCUT2D eigenvalue weighted by Gasteiger charge is -2.14. The van der Waals surface area contributed by atoms with Crippen LogP contribution in [0.1, 0.15) is 16.6 Å². The summed E-state index contributed by atoms with van der Waals surface area (Å²) < 4.78 is 28.1. The summed E-state index contributed by atoms with van der Waals surface area (Å²) in [5, 5.41) is 0. The van der Waals surface area contributed by atoms with Crippen LogP contribution in [-0.4, -0.2) is 28.3 Å². The highest BCUT2D eigenvalue weighted by molar-refractivity contribution is 7.92. The number of hydrogen-bond acceptors (Lipinski definition) is 5. The maximum Gasteiger partial charge on any atom is 0.261 e. The highest BCUT2D eigenvalue weighted by atomic mass is 32.2. The molecule has 0 fully saturated rings. The zero-order valence-electron chi connectivity index (χ0n) is 15.3. The SMILES string of the molecule is CC(=O)c1ccc(-c2cccc(S(=O)(=O)Nc3ccc(N(C)C)cc3)c2)s1. The first-order chi connectivity index (χ1) is 12.8. The normalized spacial score (nSPS) is 11.2. The number of carbonyl (C=O) groups is 1. The molecule has 140 valence electrons. The van der Waals surface area contributed by atoms with Gasteiger partial charge in [0.1, 0.15) is 0 Å². The number of ketones is 1. The van der Waals surface area contributed by atoms with Crippen molar-refractivity contribution in [3.8, 4) is 10.4 Å². The van der Waals surface area contributed by atoms with Gasteiger partial charge >= 0.3 is 0 Å². The topological polar surface area (TPSA) is 66.5 Å². The second-order valence-corrected chi connectivity index (χ2v) is 9.06. The average molecular weight is 401 g/mol. The van der Waals surface area contributed by atoms with E-state index in [0.29, 0.717) is 10.6 Å². The predicted octanol–water partition coefficient (Wildman–Crippen LogP) is 4.48. The van der Waals surface area contributed by atoms with Crippen molar-refractivity contribution in [2.24, 2.45) is 0 Å². The van der Waals surface area contributed by atoms with Crippen LogP contribution >= 0.6 is 11.3 Å². The molecule has 3 rings (SSSR count). The Labute approximate surface area is 163 Å². The summed E-state index contributed by atoms with van der Waals surface area (Å²) in [6.07, 6.45) is 0. The number of carbonyl (C=O) groups excluding carboxylic acids is 1. The fourth-order valence-corrected chi connectivity index (χ4v) is 4.54. The highest BCUT2D eigenvalue weighted by Crippen LogP contribution is 2.30. The summed E-state index contributed by atoms with van der Waals surface area (Å²) in [5.41, 5.74) is 2.25. The van der Waals surface area contributed by atoms with E-state index in [9.17, 15) is 13.2 Å². The lowest BCUT2D eigenvalue weighted by molar-refractivity contribution is 0.102. The fourth-order valence-electron chi connectivity index (χ4n) is 2.54. The number of rotatable bonds is 6. The van der Waals surface area contributed by atoms with Crippen molar-refractivity contribution in [2.75, 3.05) is 23.7 Å². The van der Waals surface area contributed by atoms with Crippen molar-refractivity contribution < 1.29 is 13.2 Å². The number of nitrogens with one attached hydrogen (secondary N) is 1. The quantitative estimate of drug-likeness (QED) is 0.620. The largest absolute Gasteiger partial charge is 0.378 e. The number of benzene rings is 2. The molecule has 7 heteroatoms. The molecule has 0 aliphatic heterocycles. The molecule has 1 aromatic heterocycles. The van der Waals surface area contributed by atoms with Crippen LogP contribution in [0.15, 0.2) is 65.6 Å². The van der Waals surface area contributed by atoms with Gasteiger partial charge in [-0.15, -0.1) is 11.3 Å². The van der Waals surface area contributed by atoms with Gasteiger partial charge in [0, 0.05) is 30.3 Å². The van der Waals surface area contributed by atoms with Crippen molar-refractivity contribution in [1.82, 2.24) is 0 Å². The minimum absolute atomic E-state index is 0.00198. The molecule has 0 saturated heterocycles. The Bertz CT molecular complexity index is 1070. The number of sulfonamides is 1. The van der Waals surface area contributed by atoms with Crippen molar-refractivity contribution in [3.63, 3.8) is 0 Å². The molecule has 0 unspecified atom stereocenters. The van der Waals surface area contributed by atoms with Crippen molar-refractivity contribution >= 4 is 38.5 Å². The molecule has 0 aliphatic carbocycles. The van der Waals surface area contributed by atoms with Crippen LogP contribution in [0.3, 0.4) is 0 Å². The Balaban J connectivity index is 1.87. The van der Waals surface area contributed by atoms with Crippen LogP contribution in [0.4, 0.5) is 11.4 Å². The predicted molar refractivity (Wildman–Crippen MR) is 111 cm³/mol. The molecular weight excluding hydrogens is 380 g/mol. The number of Topliss-reactive ketones (excluding diaryl/α,β-unsaturated/α-hetero) is 1. The van der Waals surface area contributed by atoms with Gasteiger partial charge in [0.05, 0.1) is 9.77 Å². The van der Waals surface area contributed by atoms with Gasteiger partial charge in [-0.25, -0.2) is 8.42 Å². The van der Waals surface area contributed by atoms with E-state index in [4.69, 9.17) is 0 Å². The molecule has 0 amide bonds. The molecule has 0 aliphatic rings. The van der Waals surface area contributed by atoms with Crippen molar-refractivity contribution in [3.05, 3.63) is 65.5 Å². The molecule has 27 heavy (non-hydrogen) atoms. The molecule has 1 N–H and O–H groups in total. The Morgan fingerprint density at radius 1 is 1.00 bits per heavy atom. The summed E-state index contributed by atoms with van der Waals surface area (Å²) >= 11 is 1.35. The molecule has 0 atom stereocenters. The van der Waals surface area contributed by atoms with Gasteiger partial charge in [-0.05, 0) is 61.0 Å². The summed E-state index contributed by atoms with van der Waals surface area (Å²) in [4.78, 5) is 15.1. The van der Waals surface area contributed by atoms with Crippen LogP contribution < -0.4 is 9.62 Å². The molecule has 5 nitrogen and oxygen atoms in total. The molecule has 2 aromatic carbocycles. The fraction of sp³-hybridized carbons (Fsp3) is 0.150. The molecule has 0 radical (unpaired) electrons. The summed E-state index contributed by atoms with van der Waals surface area (Å²) in [7, 11) is 0.134. The van der Waals surface area contributed by atoms with E-state index in [-0.39, 0.29) is 10.7 Å². The van der Waals surface area contributed by atoms with E-state index in [1.165, 1.54) is 18.3 Å². The second-order valence-electron chi connectivity index (χ2n) is 6.29. The first-order valence-corrected chi connectivity index (χ1v) is 10.6. The minimum atomic E-state index is -3.71. The molecular formula is C20H20N2O3S2. The molecule has 1 heterocycles. The van der Waals surface area contributed by atoms with Crippen molar-refractivity contribution in [1.29, 1.82) is 0 Å². The number of hydrogen-bond donors (Lipinski definition) is 1. The van der Waals surface area contributed by atoms with E-state index >= 15 is 0 Å². The van der Waals surface area contributed by atoms with E-state index in [2.05, 4.69) is 4.72 Å². The third kappa shape index (κ3) is 4.37. The maximum atomic E-state index is 12.7. The zero-order chi connectivity index (χ0) is 19.6. The Hall–Kier alpha value is -2.64. The summed E-state index contributed by atoms with van der Waals surface area (Å²) in [6, 6.07) is 17.5. The van der Waals surface area contributed by atoms with E-state index in [0.717, 1.165) is 16.1 Å². The molecule has 0 saturated carbocycles. The number of nitrogens with zero attached hydrogens (tertiary/aromatic N) is 1. The van der Waals surface area contributed by atoms with Gasteiger partial charge < -0.3 is 4.90 Å². The van der Waals surface area contributed by atoms with Gasteiger partial charge in [0.25, 0.3) is 10.0 Å². The standard InChI is InChI=1S/C20H20N2O3S2/c1-14(23)19-11-12-20(26-19)15-5-4-6-18(13-15)27(24,25)21-16-7-9-17(10-8-16)22(2)3/h4-13,21H,1-3H3. The summed E-state index contributed by atoms with van der Waals surface area (Å²) in [6.45, 7) is 1.52. The van der Waals surface area contributed by atoms with E-state index in [1.54, 1.807) is 36.4 Å². The van der Waals surface area contributed by atoms with Gasteiger partial charge in [0.15, 0.2) is 5.78 Å². The van der Waals surface area contributed by atoms with Crippen LogP contribution in [0.2, 0.25) is 0 Å². The van der Waals surface area contributed by atoms with Gasteiger partial charge in [0.2, 0.25) is 0 Å². The smallest absolute Gasteiger partial charge is 0.261 e. The van der Waals surface area contributed by atoms with E-state index in [1.807, 2.05) is 43.3 Å². The van der Waals surface area contributed by atoms with Crippen LogP contribution in [0.5, 0.6) is 0 Å².